The molecule has 0 heterocycles. The van der Waals surface area contributed by atoms with Crippen LogP contribution in [0.1, 0.15) is 22.8 Å². The third kappa shape index (κ3) is 4.09. The molecule has 22 heavy (non-hydrogen) atoms. The molecular weight excluding hydrogens is 284 g/mol. The Bertz CT molecular complexity index is 658. The lowest BCUT2D eigenvalue weighted by atomic mass is 10.2. The summed E-state index contributed by atoms with van der Waals surface area (Å²) in [4.78, 5) is 22.7. The van der Waals surface area contributed by atoms with Crippen molar-refractivity contribution < 1.29 is 24.2 Å². The lowest BCUT2D eigenvalue weighted by molar-refractivity contribution is -0.141. The first kappa shape index (κ1) is 15.6. The highest BCUT2D eigenvalue weighted by atomic mass is 16.6. The van der Waals surface area contributed by atoms with E-state index in [1.54, 1.807) is 19.1 Å². The number of carboxylic acids is 1. The van der Waals surface area contributed by atoms with Gasteiger partial charge in [0.15, 0.2) is 6.10 Å². The van der Waals surface area contributed by atoms with Crippen LogP contribution >= 0.6 is 0 Å². The van der Waals surface area contributed by atoms with Crippen LogP contribution in [0.3, 0.4) is 0 Å². The Morgan fingerprint density at radius 2 is 1.50 bits per heavy atom. The summed E-state index contributed by atoms with van der Waals surface area (Å²) in [5.41, 5.74) is 1.23. The summed E-state index contributed by atoms with van der Waals surface area (Å²) in [7, 11) is 0. The molecule has 2 aromatic carbocycles. The van der Waals surface area contributed by atoms with Gasteiger partial charge < -0.3 is 14.6 Å². The minimum absolute atomic E-state index is 0.128. The zero-order chi connectivity index (χ0) is 16.1. The van der Waals surface area contributed by atoms with Crippen molar-refractivity contribution >= 4 is 11.9 Å². The fourth-order valence-corrected chi connectivity index (χ4v) is 1.73. The second-order valence-corrected chi connectivity index (χ2v) is 4.82. The molecule has 0 fully saturated rings. The molecule has 0 aliphatic heterocycles. The number of carboxylic acid groups (broad SMARTS) is 1. The van der Waals surface area contributed by atoms with Gasteiger partial charge in [0, 0.05) is 0 Å². The number of hydrogen-bond acceptors (Lipinski definition) is 4. The summed E-state index contributed by atoms with van der Waals surface area (Å²) in [5.74, 6) is -0.733. The Balaban J connectivity index is 1.95. The van der Waals surface area contributed by atoms with Crippen LogP contribution in [0.25, 0.3) is 0 Å². The molecule has 0 aliphatic carbocycles. The van der Waals surface area contributed by atoms with E-state index in [2.05, 4.69) is 0 Å². The van der Waals surface area contributed by atoms with Gasteiger partial charge in [-0.25, -0.2) is 9.59 Å². The van der Waals surface area contributed by atoms with E-state index < -0.39 is 18.0 Å². The SMILES string of the molecule is Cc1ccc(OC(C)C(=O)Oc2ccc(C(=O)O)cc2)cc1. The molecule has 5 nitrogen and oxygen atoms in total. The number of carbonyl (C=O) groups excluding carboxylic acids is 1. The van der Waals surface area contributed by atoms with Crippen LogP contribution in [0.4, 0.5) is 0 Å². The zero-order valence-electron chi connectivity index (χ0n) is 12.3. The van der Waals surface area contributed by atoms with Gasteiger partial charge in [0.2, 0.25) is 0 Å². The van der Waals surface area contributed by atoms with Crippen LogP contribution in [0.5, 0.6) is 11.5 Å². The van der Waals surface area contributed by atoms with Gasteiger partial charge in [0.05, 0.1) is 5.56 Å². The summed E-state index contributed by atoms with van der Waals surface area (Å²) >= 11 is 0. The number of esters is 1. The van der Waals surface area contributed by atoms with Crippen molar-refractivity contribution in [2.24, 2.45) is 0 Å². The Morgan fingerprint density at radius 1 is 0.955 bits per heavy atom. The van der Waals surface area contributed by atoms with Crippen LogP contribution in [-0.4, -0.2) is 23.1 Å². The molecule has 0 aromatic heterocycles. The van der Waals surface area contributed by atoms with Gasteiger partial charge in [-0.05, 0) is 50.2 Å². The van der Waals surface area contributed by atoms with Crippen LogP contribution in [-0.2, 0) is 4.79 Å². The molecule has 0 spiro atoms. The van der Waals surface area contributed by atoms with E-state index in [0.717, 1.165) is 5.56 Å². The first-order valence-corrected chi connectivity index (χ1v) is 6.74. The average Bonchev–Trinajstić information content (AvgIpc) is 2.50. The van der Waals surface area contributed by atoms with Crippen LogP contribution in [0.2, 0.25) is 0 Å². The van der Waals surface area contributed by atoms with E-state index in [0.29, 0.717) is 5.75 Å². The molecular formula is C17H16O5. The molecule has 0 bridgehead atoms. The van der Waals surface area contributed by atoms with Gasteiger partial charge in [-0.1, -0.05) is 17.7 Å². The summed E-state index contributed by atoms with van der Waals surface area (Å²) in [6, 6.07) is 12.9. The second-order valence-electron chi connectivity index (χ2n) is 4.82. The third-order valence-electron chi connectivity index (χ3n) is 2.99. The number of hydrogen-bond donors (Lipinski definition) is 1. The van der Waals surface area contributed by atoms with E-state index >= 15 is 0 Å². The third-order valence-corrected chi connectivity index (χ3v) is 2.99. The van der Waals surface area contributed by atoms with Crippen molar-refractivity contribution in [2.75, 3.05) is 0 Å². The number of ether oxygens (including phenoxy) is 2. The quantitative estimate of drug-likeness (QED) is 0.678. The Hall–Kier alpha value is -2.82. The summed E-state index contributed by atoms with van der Waals surface area (Å²) < 4.78 is 10.6. The van der Waals surface area contributed by atoms with Gasteiger partial charge >= 0.3 is 11.9 Å². The monoisotopic (exact) mass is 300 g/mol. The first-order valence-electron chi connectivity index (χ1n) is 6.74. The standard InChI is InChI=1S/C17H16O5/c1-11-3-7-14(8-4-11)21-12(2)17(20)22-15-9-5-13(6-10-15)16(18)19/h3-10,12H,1-2H3,(H,18,19). The fraction of sp³-hybridized carbons (Fsp3) is 0.176. The molecule has 1 unspecified atom stereocenters. The van der Waals surface area contributed by atoms with E-state index in [9.17, 15) is 9.59 Å². The summed E-state index contributed by atoms with van der Waals surface area (Å²) in [5, 5.41) is 8.80. The maximum Gasteiger partial charge on any atom is 0.352 e. The van der Waals surface area contributed by atoms with E-state index in [-0.39, 0.29) is 11.3 Å². The molecule has 1 atom stereocenters. The van der Waals surface area contributed by atoms with Crippen LogP contribution in [0.15, 0.2) is 48.5 Å². The number of aryl methyl sites for hydroxylation is 1. The van der Waals surface area contributed by atoms with Crippen molar-refractivity contribution in [1.29, 1.82) is 0 Å². The molecule has 5 heteroatoms. The predicted octanol–water partition coefficient (Wildman–Crippen LogP) is 3.07. The van der Waals surface area contributed by atoms with Crippen molar-refractivity contribution in [2.45, 2.75) is 20.0 Å². The maximum absolute atomic E-state index is 11.9. The lowest BCUT2D eigenvalue weighted by Gasteiger charge is -2.14. The Morgan fingerprint density at radius 3 is 2.05 bits per heavy atom. The summed E-state index contributed by atoms with van der Waals surface area (Å²) in [6.45, 7) is 3.55. The highest BCUT2D eigenvalue weighted by Crippen LogP contribution is 2.16. The van der Waals surface area contributed by atoms with Gasteiger partial charge in [-0.3, -0.25) is 0 Å². The Kier molecular flexibility index (Phi) is 4.78. The molecule has 0 aliphatic rings. The number of benzene rings is 2. The van der Waals surface area contributed by atoms with Gasteiger partial charge in [0.25, 0.3) is 0 Å². The van der Waals surface area contributed by atoms with Gasteiger partial charge in [-0.15, -0.1) is 0 Å². The first-order chi connectivity index (χ1) is 10.5. The van der Waals surface area contributed by atoms with Crippen LogP contribution in [0, 0.1) is 6.92 Å². The lowest BCUT2D eigenvalue weighted by Crippen LogP contribution is -2.28. The number of carbonyl (C=O) groups is 2. The van der Waals surface area contributed by atoms with Crippen molar-refractivity contribution in [3.8, 4) is 11.5 Å². The molecule has 2 aromatic rings. The minimum atomic E-state index is -1.03. The second kappa shape index (κ2) is 6.76. The van der Waals surface area contributed by atoms with Crippen molar-refractivity contribution in [3.05, 3.63) is 59.7 Å². The predicted molar refractivity (Wildman–Crippen MR) is 80.3 cm³/mol. The Labute approximate surface area is 128 Å². The smallest absolute Gasteiger partial charge is 0.352 e. The maximum atomic E-state index is 11.9. The number of aromatic carboxylic acids is 1. The average molecular weight is 300 g/mol. The molecule has 0 amide bonds. The van der Waals surface area contributed by atoms with E-state index in [1.165, 1.54) is 24.3 Å². The normalized spacial score (nSPS) is 11.5. The molecule has 2 rings (SSSR count). The van der Waals surface area contributed by atoms with Crippen molar-refractivity contribution in [3.63, 3.8) is 0 Å². The van der Waals surface area contributed by atoms with Crippen molar-refractivity contribution in [1.82, 2.24) is 0 Å². The fourth-order valence-electron chi connectivity index (χ4n) is 1.73. The molecule has 114 valence electrons. The largest absolute Gasteiger partial charge is 0.479 e. The zero-order valence-corrected chi connectivity index (χ0v) is 12.3. The molecule has 0 saturated carbocycles. The highest BCUT2D eigenvalue weighted by molar-refractivity contribution is 5.87. The van der Waals surface area contributed by atoms with E-state index in [4.69, 9.17) is 14.6 Å². The molecule has 0 saturated heterocycles. The van der Waals surface area contributed by atoms with E-state index in [1.807, 2.05) is 19.1 Å². The summed E-state index contributed by atoms with van der Waals surface area (Å²) in [6.07, 6.45) is -0.776. The van der Waals surface area contributed by atoms with Gasteiger partial charge in [0.1, 0.15) is 11.5 Å². The molecule has 1 N–H and O–H groups in total. The van der Waals surface area contributed by atoms with Crippen LogP contribution < -0.4 is 9.47 Å². The highest BCUT2D eigenvalue weighted by Gasteiger charge is 2.17. The van der Waals surface area contributed by atoms with Gasteiger partial charge in [-0.2, -0.15) is 0 Å². The molecule has 0 radical (unpaired) electrons. The topological polar surface area (TPSA) is 72.8 Å². The minimum Gasteiger partial charge on any atom is -0.479 e. The number of rotatable bonds is 5.